The summed E-state index contributed by atoms with van der Waals surface area (Å²) in [5.74, 6) is -0.527. The van der Waals surface area contributed by atoms with E-state index in [-0.39, 0.29) is 5.92 Å². The number of carboxylic acids is 1. The molecule has 2 aromatic rings. The van der Waals surface area contributed by atoms with Gasteiger partial charge in [-0.2, -0.15) is 0 Å². The third kappa shape index (κ3) is 3.26. The Balaban J connectivity index is 1.81. The minimum absolute atomic E-state index is 0.225. The van der Waals surface area contributed by atoms with Gasteiger partial charge in [0.15, 0.2) is 6.04 Å². The number of amides is 1. The van der Waals surface area contributed by atoms with E-state index in [0.29, 0.717) is 17.0 Å². The van der Waals surface area contributed by atoms with Crippen molar-refractivity contribution in [3.8, 4) is 5.75 Å². The molecule has 0 bridgehead atoms. The maximum absolute atomic E-state index is 12.4. The highest BCUT2D eigenvalue weighted by Crippen LogP contribution is 2.29. The van der Waals surface area contributed by atoms with Crippen LogP contribution in [-0.4, -0.2) is 28.6 Å². The van der Waals surface area contributed by atoms with Crippen LogP contribution in [0.5, 0.6) is 5.75 Å². The number of carboxylic acid groups (broad SMARTS) is 1. The van der Waals surface area contributed by atoms with Crippen molar-refractivity contribution in [1.82, 2.24) is 10.3 Å². The van der Waals surface area contributed by atoms with E-state index in [9.17, 15) is 14.7 Å². The van der Waals surface area contributed by atoms with E-state index in [4.69, 9.17) is 4.74 Å². The highest BCUT2D eigenvalue weighted by molar-refractivity contribution is 7.13. The average molecular weight is 346 g/mol. The molecule has 0 spiro atoms. The fourth-order valence-electron chi connectivity index (χ4n) is 2.54. The van der Waals surface area contributed by atoms with Crippen molar-refractivity contribution in [2.24, 2.45) is 0 Å². The van der Waals surface area contributed by atoms with Crippen LogP contribution in [0.3, 0.4) is 0 Å². The molecule has 1 aliphatic rings. The Morgan fingerprint density at radius 2 is 2.17 bits per heavy atom. The summed E-state index contributed by atoms with van der Waals surface area (Å²) in [6, 6.07) is 4.11. The van der Waals surface area contributed by atoms with E-state index in [2.05, 4.69) is 10.3 Å². The number of benzene rings is 1. The SMILES string of the molecule is CC(C)c1ncc(C(=O)NC(C(=O)O)c2ccc3c(c2)CCO3)s1. The number of ether oxygens (including phenoxy) is 1. The Labute approximate surface area is 143 Å². The van der Waals surface area contributed by atoms with Crippen molar-refractivity contribution < 1.29 is 19.4 Å². The first-order chi connectivity index (χ1) is 11.5. The number of carbonyl (C=O) groups is 2. The number of hydrogen-bond acceptors (Lipinski definition) is 5. The number of aliphatic carboxylic acids is 1. The summed E-state index contributed by atoms with van der Waals surface area (Å²) in [7, 11) is 0. The molecule has 6 nitrogen and oxygen atoms in total. The van der Waals surface area contributed by atoms with Gasteiger partial charge in [-0.1, -0.05) is 19.9 Å². The lowest BCUT2D eigenvalue weighted by molar-refractivity contribution is -0.139. The molecule has 2 N–H and O–H groups in total. The fourth-order valence-corrected chi connectivity index (χ4v) is 3.36. The van der Waals surface area contributed by atoms with Crippen LogP contribution in [0.2, 0.25) is 0 Å². The molecule has 3 rings (SSSR count). The Kier molecular flexibility index (Phi) is 4.53. The lowest BCUT2D eigenvalue weighted by atomic mass is 10.0. The van der Waals surface area contributed by atoms with Crippen molar-refractivity contribution in [1.29, 1.82) is 0 Å². The molecule has 24 heavy (non-hydrogen) atoms. The number of fused-ring (bicyclic) bond motifs is 1. The van der Waals surface area contributed by atoms with Gasteiger partial charge in [0, 0.05) is 12.3 Å². The lowest BCUT2D eigenvalue weighted by Gasteiger charge is -2.15. The highest BCUT2D eigenvalue weighted by atomic mass is 32.1. The smallest absolute Gasteiger partial charge is 0.330 e. The van der Waals surface area contributed by atoms with Gasteiger partial charge in [-0.05, 0) is 23.3 Å². The molecule has 2 heterocycles. The molecule has 0 fully saturated rings. The summed E-state index contributed by atoms with van der Waals surface area (Å²) in [6.45, 7) is 4.59. The standard InChI is InChI=1S/C17H18N2O4S/c1-9(2)16-18-8-13(24-16)15(20)19-14(17(21)22)11-3-4-12-10(7-11)5-6-23-12/h3-4,7-9,14H,5-6H2,1-2H3,(H,19,20)(H,21,22). The van der Waals surface area contributed by atoms with Gasteiger partial charge < -0.3 is 15.2 Å². The molecular formula is C17H18N2O4S. The zero-order valence-corrected chi connectivity index (χ0v) is 14.2. The monoisotopic (exact) mass is 346 g/mol. The molecule has 0 radical (unpaired) electrons. The van der Waals surface area contributed by atoms with Gasteiger partial charge in [-0.3, -0.25) is 4.79 Å². The quantitative estimate of drug-likeness (QED) is 0.869. The van der Waals surface area contributed by atoms with Gasteiger partial charge in [0.1, 0.15) is 10.6 Å². The molecule has 0 saturated carbocycles. The van der Waals surface area contributed by atoms with E-state index in [1.54, 1.807) is 18.2 Å². The van der Waals surface area contributed by atoms with Crippen molar-refractivity contribution in [3.63, 3.8) is 0 Å². The highest BCUT2D eigenvalue weighted by Gasteiger charge is 2.25. The van der Waals surface area contributed by atoms with E-state index < -0.39 is 17.9 Å². The topological polar surface area (TPSA) is 88.5 Å². The molecule has 1 aromatic carbocycles. The Morgan fingerprint density at radius 3 is 2.83 bits per heavy atom. The van der Waals surface area contributed by atoms with Crippen LogP contribution in [0.4, 0.5) is 0 Å². The number of hydrogen-bond donors (Lipinski definition) is 2. The normalized spacial score (nSPS) is 14.1. The molecule has 0 aliphatic carbocycles. The van der Waals surface area contributed by atoms with Crippen LogP contribution in [0, 0.1) is 0 Å². The van der Waals surface area contributed by atoms with Crippen molar-refractivity contribution in [2.45, 2.75) is 32.2 Å². The number of aromatic nitrogens is 1. The van der Waals surface area contributed by atoms with Gasteiger partial charge in [-0.15, -0.1) is 11.3 Å². The Hall–Kier alpha value is -2.41. The second-order valence-electron chi connectivity index (χ2n) is 5.93. The molecule has 1 aromatic heterocycles. The van der Waals surface area contributed by atoms with E-state index in [1.807, 2.05) is 13.8 Å². The van der Waals surface area contributed by atoms with Crippen molar-refractivity contribution in [2.75, 3.05) is 6.61 Å². The van der Waals surface area contributed by atoms with Crippen LogP contribution in [-0.2, 0) is 11.2 Å². The Morgan fingerprint density at radius 1 is 1.38 bits per heavy atom. The molecule has 1 amide bonds. The zero-order chi connectivity index (χ0) is 17.3. The molecule has 1 unspecified atom stereocenters. The van der Waals surface area contributed by atoms with Crippen molar-refractivity contribution >= 4 is 23.2 Å². The molecular weight excluding hydrogens is 328 g/mol. The summed E-state index contributed by atoms with van der Waals surface area (Å²) >= 11 is 1.28. The largest absolute Gasteiger partial charge is 0.493 e. The second kappa shape index (κ2) is 6.60. The third-order valence-electron chi connectivity index (χ3n) is 3.81. The molecule has 1 aliphatic heterocycles. The van der Waals surface area contributed by atoms with E-state index in [1.165, 1.54) is 17.5 Å². The van der Waals surface area contributed by atoms with Crippen molar-refractivity contribution in [3.05, 3.63) is 45.4 Å². The van der Waals surface area contributed by atoms with Crippen LogP contribution in [0.1, 0.15) is 51.6 Å². The lowest BCUT2D eigenvalue weighted by Crippen LogP contribution is -2.33. The summed E-state index contributed by atoms with van der Waals surface area (Å²) in [4.78, 5) is 28.6. The molecule has 0 saturated heterocycles. The average Bonchev–Trinajstić information content (AvgIpc) is 3.20. The summed E-state index contributed by atoms with van der Waals surface area (Å²) in [5, 5.41) is 12.9. The number of thiazole rings is 1. The summed E-state index contributed by atoms with van der Waals surface area (Å²) in [6.07, 6.45) is 2.24. The fraction of sp³-hybridized carbons (Fsp3) is 0.353. The van der Waals surface area contributed by atoms with Crippen LogP contribution >= 0.6 is 11.3 Å². The predicted octanol–water partition coefficient (Wildman–Crippen LogP) is 2.76. The second-order valence-corrected chi connectivity index (χ2v) is 6.99. The maximum Gasteiger partial charge on any atom is 0.330 e. The number of carbonyl (C=O) groups excluding carboxylic acids is 1. The maximum atomic E-state index is 12.4. The zero-order valence-electron chi connectivity index (χ0n) is 13.4. The number of nitrogens with one attached hydrogen (secondary N) is 1. The van der Waals surface area contributed by atoms with Gasteiger partial charge >= 0.3 is 5.97 Å². The van der Waals surface area contributed by atoms with Gasteiger partial charge in [-0.25, -0.2) is 9.78 Å². The van der Waals surface area contributed by atoms with E-state index in [0.717, 1.165) is 22.7 Å². The first-order valence-corrected chi connectivity index (χ1v) is 8.52. The molecule has 1 atom stereocenters. The first-order valence-electron chi connectivity index (χ1n) is 7.70. The first kappa shape index (κ1) is 16.4. The van der Waals surface area contributed by atoms with E-state index >= 15 is 0 Å². The number of rotatable bonds is 5. The third-order valence-corrected chi connectivity index (χ3v) is 5.11. The van der Waals surface area contributed by atoms with Crippen LogP contribution < -0.4 is 10.1 Å². The van der Waals surface area contributed by atoms with Crippen LogP contribution in [0.15, 0.2) is 24.4 Å². The summed E-state index contributed by atoms with van der Waals surface area (Å²) < 4.78 is 5.43. The minimum Gasteiger partial charge on any atom is -0.493 e. The predicted molar refractivity (Wildman–Crippen MR) is 89.7 cm³/mol. The molecule has 7 heteroatoms. The van der Waals surface area contributed by atoms with Gasteiger partial charge in [0.05, 0.1) is 17.8 Å². The molecule has 126 valence electrons. The number of nitrogens with zero attached hydrogens (tertiary/aromatic N) is 1. The Bertz CT molecular complexity index is 785. The van der Waals surface area contributed by atoms with Gasteiger partial charge in [0.2, 0.25) is 0 Å². The minimum atomic E-state index is -1.10. The summed E-state index contributed by atoms with van der Waals surface area (Å²) in [5.41, 5.74) is 1.50. The van der Waals surface area contributed by atoms with Gasteiger partial charge in [0.25, 0.3) is 5.91 Å². The van der Waals surface area contributed by atoms with Crippen LogP contribution in [0.25, 0.3) is 0 Å².